The molecule has 154 valence electrons. The van der Waals surface area contributed by atoms with Crippen molar-refractivity contribution in [2.45, 2.75) is 31.1 Å². The van der Waals surface area contributed by atoms with Gasteiger partial charge in [-0.15, -0.1) is 35.3 Å². The van der Waals surface area contributed by atoms with E-state index < -0.39 is 6.10 Å². The average Bonchev–Trinajstić information content (AvgIpc) is 3.34. The summed E-state index contributed by atoms with van der Waals surface area (Å²) in [4.78, 5) is 7.77. The first-order valence-electron chi connectivity index (χ1n) is 9.69. The molecule has 28 heavy (non-hydrogen) atoms. The number of nitrogens with zero attached hydrogens (tertiary/aromatic N) is 2. The van der Waals surface area contributed by atoms with E-state index in [4.69, 9.17) is 4.74 Å². The van der Waals surface area contributed by atoms with E-state index in [0.717, 1.165) is 24.6 Å². The number of ether oxygens (including phenoxy) is 1. The summed E-state index contributed by atoms with van der Waals surface area (Å²) in [6.45, 7) is 4.16. The van der Waals surface area contributed by atoms with Gasteiger partial charge in [0.1, 0.15) is 6.10 Å². The minimum atomic E-state index is -0.558. The van der Waals surface area contributed by atoms with E-state index >= 15 is 0 Å². The molecule has 1 aromatic carbocycles. The van der Waals surface area contributed by atoms with Crippen LogP contribution < -0.4 is 10.6 Å². The molecule has 3 N–H and O–H groups in total. The number of nitrogens with one attached hydrogen (secondary N) is 2. The van der Waals surface area contributed by atoms with Gasteiger partial charge in [-0.1, -0.05) is 18.2 Å². The SMILES string of the molecule is CN=C(NCC1CN2CCCC2CO1)NCC(O)c1cc2ccccc2s1.I. The van der Waals surface area contributed by atoms with Crippen molar-refractivity contribution in [3.8, 4) is 0 Å². The monoisotopic (exact) mass is 516 g/mol. The highest BCUT2D eigenvalue weighted by Gasteiger charge is 2.32. The van der Waals surface area contributed by atoms with Crippen LogP contribution in [-0.2, 0) is 4.74 Å². The van der Waals surface area contributed by atoms with Crippen LogP contribution in [0, 0.1) is 0 Å². The zero-order valence-corrected chi connectivity index (χ0v) is 19.3. The van der Waals surface area contributed by atoms with Crippen molar-refractivity contribution in [2.75, 3.05) is 39.8 Å². The zero-order chi connectivity index (χ0) is 18.6. The lowest BCUT2D eigenvalue weighted by molar-refractivity contribution is -0.0453. The van der Waals surface area contributed by atoms with Gasteiger partial charge < -0.3 is 20.5 Å². The van der Waals surface area contributed by atoms with Gasteiger partial charge in [0.15, 0.2) is 5.96 Å². The molecule has 2 aliphatic heterocycles. The van der Waals surface area contributed by atoms with Gasteiger partial charge in [-0.2, -0.15) is 0 Å². The van der Waals surface area contributed by atoms with Gasteiger partial charge in [0.05, 0.1) is 12.7 Å². The van der Waals surface area contributed by atoms with Crippen LogP contribution in [0.2, 0.25) is 0 Å². The summed E-state index contributed by atoms with van der Waals surface area (Å²) in [6.07, 6.45) is 2.18. The Hall–Kier alpha value is -0.940. The van der Waals surface area contributed by atoms with Gasteiger partial charge in [0, 0.05) is 42.3 Å². The predicted molar refractivity (Wildman–Crippen MR) is 126 cm³/mol. The van der Waals surface area contributed by atoms with E-state index in [1.54, 1.807) is 18.4 Å². The van der Waals surface area contributed by atoms with Gasteiger partial charge >= 0.3 is 0 Å². The van der Waals surface area contributed by atoms with Gasteiger partial charge in [0.2, 0.25) is 0 Å². The fourth-order valence-electron chi connectivity index (χ4n) is 3.90. The zero-order valence-electron chi connectivity index (χ0n) is 16.1. The second-order valence-electron chi connectivity index (χ2n) is 7.28. The Bertz CT molecular complexity index is 766. The van der Waals surface area contributed by atoms with Gasteiger partial charge in [0.25, 0.3) is 0 Å². The Balaban J connectivity index is 0.00000225. The van der Waals surface area contributed by atoms with Crippen LogP contribution in [0.25, 0.3) is 10.1 Å². The van der Waals surface area contributed by atoms with Crippen LogP contribution in [0.4, 0.5) is 0 Å². The Morgan fingerprint density at radius 1 is 1.39 bits per heavy atom. The third kappa shape index (κ3) is 5.15. The maximum Gasteiger partial charge on any atom is 0.191 e. The molecule has 4 rings (SSSR count). The number of thiophene rings is 1. The maximum absolute atomic E-state index is 10.5. The summed E-state index contributed by atoms with van der Waals surface area (Å²) in [7, 11) is 1.75. The smallest absolute Gasteiger partial charge is 0.191 e. The number of rotatable bonds is 5. The molecule has 2 saturated heterocycles. The van der Waals surface area contributed by atoms with E-state index in [-0.39, 0.29) is 30.1 Å². The molecule has 0 aliphatic carbocycles. The van der Waals surface area contributed by atoms with E-state index in [1.165, 1.54) is 29.5 Å². The highest BCUT2D eigenvalue weighted by atomic mass is 127. The Labute approximate surface area is 187 Å². The second kappa shape index (κ2) is 10.2. The topological polar surface area (TPSA) is 69.1 Å². The molecule has 3 unspecified atom stereocenters. The lowest BCUT2D eigenvalue weighted by Crippen LogP contribution is -2.51. The molecule has 2 fully saturated rings. The maximum atomic E-state index is 10.5. The first-order chi connectivity index (χ1) is 13.2. The van der Waals surface area contributed by atoms with Crippen molar-refractivity contribution >= 4 is 51.4 Å². The van der Waals surface area contributed by atoms with Crippen LogP contribution in [0.3, 0.4) is 0 Å². The summed E-state index contributed by atoms with van der Waals surface area (Å²) < 4.78 is 7.18. The number of guanidine groups is 1. The summed E-state index contributed by atoms with van der Waals surface area (Å²) in [5.41, 5.74) is 0. The van der Waals surface area contributed by atoms with Gasteiger partial charge in [-0.05, 0) is 36.9 Å². The molecule has 0 bridgehead atoms. The molecule has 2 aromatic rings. The molecule has 1 aromatic heterocycles. The summed E-state index contributed by atoms with van der Waals surface area (Å²) in [5, 5.41) is 18.3. The quantitative estimate of drug-likeness (QED) is 0.324. The Morgan fingerprint density at radius 2 is 2.25 bits per heavy atom. The molecule has 8 heteroatoms. The van der Waals surface area contributed by atoms with Crippen molar-refractivity contribution in [1.29, 1.82) is 0 Å². The Kier molecular flexibility index (Phi) is 7.93. The number of halogens is 1. The number of hydrogen-bond acceptors (Lipinski definition) is 5. The molecule has 0 amide bonds. The summed E-state index contributed by atoms with van der Waals surface area (Å²) >= 11 is 1.63. The normalized spacial score (nSPS) is 23.9. The number of benzene rings is 1. The standard InChI is InChI=1S/C20H28N4O2S.HI/c1-21-20(22-10-16-12-24-8-4-6-15(24)13-26-16)23-11-17(25)19-9-14-5-2-3-7-18(14)27-19;/h2-3,5,7,9,15-17,25H,4,6,8,10-13H2,1H3,(H2,21,22,23);1H. The van der Waals surface area contributed by atoms with E-state index in [2.05, 4.69) is 38.7 Å². The lowest BCUT2D eigenvalue weighted by atomic mass is 10.2. The number of fused-ring (bicyclic) bond motifs is 2. The van der Waals surface area contributed by atoms with Crippen LogP contribution in [0.5, 0.6) is 0 Å². The van der Waals surface area contributed by atoms with Crippen molar-refractivity contribution in [3.63, 3.8) is 0 Å². The second-order valence-corrected chi connectivity index (χ2v) is 8.40. The van der Waals surface area contributed by atoms with E-state index in [9.17, 15) is 5.11 Å². The Morgan fingerprint density at radius 3 is 3.07 bits per heavy atom. The fraction of sp³-hybridized carbons (Fsp3) is 0.550. The molecular formula is C20H29IN4O2S. The number of hydrogen-bond donors (Lipinski definition) is 3. The largest absolute Gasteiger partial charge is 0.386 e. The lowest BCUT2D eigenvalue weighted by Gasteiger charge is -2.35. The molecule has 0 spiro atoms. The molecule has 0 saturated carbocycles. The van der Waals surface area contributed by atoms with Crippen molar-refractivity contribution in [2.24, 2.45) is 4.99 Å². The fourth-order valence-corrected chi connectivity index (χ4v) is 4.95. The first-order valence-corrected chi connectivity index (χ1v) is 10.5. The highest BCUT2D eigenvalue weighted by molar-refractivity contribution is 14.0. The van der Waals surface area contributed by atoms with Crippen molar-refractivity contribution in [3.05, 3.63) is 35.2 Å². The van der Waals surface area contributed by atoms with Crippen LogP contribution in [0.15, 0.2) is 35.3 Å². The predicted octanol–water partition coefficient (Wildman–Crippen LogP) is 2.58. The summed E-state index contributed by atoms with van der Waals surface area (Å²) in [6, 6.07) is 10.9. The third-order valence-electron chi connectivity index (χ3n) is 5.42. The minimum Gasteiger partial charge on any atom is -0.386 e. The molecule has 6 nitrogen and oxygen atoms in total. The molecule has 0 radical (unpaired) electrons. The van der Waals surface area contributed by atoms with Gasteiger partial charge in [-0.25, -0.2) is 0 Å². The highest BCUT2D eigenvalue weighted by Crippen LogP contribution is 2.29. The molecule has 3 heterocycles. The number of aliphatic imine (C=N–C) groups is 1. The number of morpholine rings is 1. The van der Waals surface area contributed by atoms with E-state index in [0.29, 0.717) is 18.5 Å². The average molecular weight is 516 g/mol. The first kappa shape index (κ1) is 21.8. The third-order valence-corrected chi connectivity index (χ3v) is 6.64. The minimum absolute atomic E-state index is 0. The van der Waals surface area contributed by atoms with Crippen molar-refractivity contribution < 1.29 is 9.84 Å². The molecule has 2 aliphatic rings. The molecular weight excluding hydrogens is 487 g/mol. The van der Waals surface area contributed by atoms with Crippen LogP contribution in [0.1, 0.15) is 23.8 Å². The number of aliphatic hydroxyl groups is 1. The van der Waals surface area contributed by atoms with Gasteiger partial charge in [-0.3, -0.25) is 9.89 Å². The van der Waals surface area contributed by atoms with Crippen molar-refractivity contribution in [1.82, 2.24) is 15.5 Å². The van der Waals surface area contributed by atoms with Crippen LogP contribution in [-0.4, -0.2) is 67.9 Å². The summed E-state index contributed by atoms with van der Waals surface area (Å²) in [5.74, 6) is 0.697. The molecule has 3 atom stereocenters. The number of aliphatic hydroxyl groups excluding tert-OH is 1. The van der Waals surface area contributed by atoms with Crippen LogP contribution >= 0.6 is 35.3 Å². The van der Waals surface area contributed by atoms with E-state index in [1.807, 2.05) is 12.1 Å².